The van der Waals surface area contributed by atoms with E-state index in [1.165, 1.54) is 5.56 Å². The first-order valence-corrected chi connectivity index (χ1v) is 8.03. The molecule has 5 heteroatoms. The molecule has 1 N–H and O–H groups in total. The van der Waals surface area contributed by atoms with Crippen molar-refractivity contribution in [1.82, 2.24) is 20.2 Å². The van der Waals surface area contributed by atoms with Gasteiger partial charge in [-0.25, -0.2) is 0 Å². The molecule has 2 atom stereocenters. The predicted molar refractivity (Wildman–Crippen MR) is 88.7 cm³/mol. The molecule has 1 aromatic heterocycles. The molecular weight excluding hydrogens is 288 g/mol. The summed E-state index contributed by atoms with van der Waals surface area (Å²) in [5.74, 6) is 0.0804. The van der Waals surface area contributed by atoms with Gasteiger partial charge in [-0.15, -0.1) is 0 Å². The van der Waals surface area contributed by atoms with E-state index in [9.17, 15) is 4.79 Å². The maximum Gasteiger partial charge on any atom is 0.220 e. The van der Waals surface area contributed by atoms with Crippen LogP contribution in [-0.2, 0) is 11.2 Å². The van der Waals surface area contributed by atoms with Gasteiger partial charge in [0.05, 0.1) is 11.7 Å². The van der Waals surface area contributed by atoms with Gasteiger partial charge in [0, 0.05) is 37.6 Å². The second kappa shape index (κ2) is 7.33. The van der Waals surface area contributed by atoms with Crippen LogP contribution in [-0.4, -0.2) is 40.4 Å². The fourth-order valence-electron chi connectivity index (χ4n) is 3.21. The Balaban J connectivity index is 1.59. The van der Waals surface area contributed by atoms with Gasteiger partial charge in [0.25, 0.3) is 0 Å². The van der Waals surface area contributed by atoms with Crippen molar-refractivity contribution in [1.29, 1.82) is 0 Å². The minimum atomic E-state index is 0.0804. The molecule has 1 saturated heterocycles. The number of carbonyl (C=O) groups is 1. The quantitative estimate of drug-likeness (QED) is 0.917. The molecule has 23 heavy (non-hydrogen) atoms. The Labute approximate surface area is 136 Å². The molecule has 1 fully saturated rings. The number of nitrogens with zero attached hydrogens (tertiary/aromatic N) is 3. The number of nitrogens with one attached hydrogen (secondary N) is 1. The lowest BCUT2D eigenvalue weighted by Gasteiger charge is -2.26. The highest BCUT2D eigenvalue weighted by molar-refractivity contribution is 5.76. The number of hydrogen-bond donors (Lipinski definition) is 1. The van der Waals surface area contributed by atoms with Crippen molar-refractivity contribution in [2.75, 3.05) is 13.6 Å². The van der Waals surface area contributed by atoms with Crippen LogP contribution in [0.3, 0.4) is 0 Å². The zero-order valence-corrected chi connectivity index (χ0v) is 13.4. The van der Waals surface area contributed by atoms with Gasteiger partial charge in [-0.1, -0.05) is 30.3 Å². The minimum absolute atomic E-state index is 0.0804. The number of aryl methyl sites for hydroxylation is 1. The summed E-state index contributed by atoms with van der Waals surface area (Å²) in [5.41, 5.74) is 2.11. The monoisotopic (exact) mass is 310 g/mol. The first kappa shape index (κ1) is 15.6. The molecule has 0 saturated carbocycles. The smallest absolute Gasteiger partial charge is 0.220 e. The van der Waals surface area contributed by atoms with Crippen LogP contribution in [0, 0.1) is 0 Å². The summed E-state index contributed by atoms with van der Waals surface area (Å²) in [7, 11) is 2.11. The van der Waals surface area contributed by atoms with Crippen molar-refractivity contribution in [3.63, 3.8) is 0 Å². The highest BCUT2D eigenvalue weighted by atomic mass is 16.1. The van der Waals surface area contributed by atoms with Gasteiger partial charge in [-0.3, -0.25) is 19.7 Å². The van der Waals surface area contributed by atoms with Crippen LogP contribution in [0.2, 0.25) is 0 Å². The zero-order chi connectivity index (χ0) is 16.1. The first-order chi connectivity index (χ1) is 11.2. The van der Waals surface area contributed by atoms with E-state index < -0.39 is 0 Å². The van der Waals surface area contributed by atoms with Gasteiger partial charge in [0.15, 0.2) is 0 Å². The lowest BCUT2D eigenvalue weighted by molar-refractivity contribution is -0.121. The van der Waals surface area contributed by atoms with Gasteiger partial charge in [0.1, 0.15) is 0 Å². The molecule has 1 amide bonds. The summed E-state index contributed by atoms with van der Waals surface area (Å²) in [4.78, 5) is 22.8. The maximum atomic E-state index is 12.3. The number of rotatable bonds is 5. The molecule has 0 unspecified atom stereocenters. The fourth-order valence-corrected chi connectivity index (χ4v) is 3.21. The van der Waals surface area contributed by atoms with E-state index in [2.05, 4.69) is 51.5 Å². The molecule has 3 rings (SSSR count). The van der Waals surface area contributed by atoms with Crippen molar-refractivity contribution >= 4 is 5.91 Å². The van der Waals surface area contributed by atoms with Crippen LogP contribution in [0.1, 0.15) is 30.1 Å². The van der Waals surface area contributed by atoms with Crippen molar-refractivity contribution in [3.05, 3.63) is 60.2 Å². The number of carbonyl (C=O) groups excluding carboxylic acids is 1. The van der Waals surface area contributed by atoms with Crippen LogP contribution in [0.15, 0.2) is 48.9 Å². The predicted octanol–water partition coefficient (Wildman–Crippen LogP) is 1.97. The summed E-state index contributed by atoms with van der Waals surface area (Å²) in [5, 5.41) is 3.20. The second-order valence-corrected chi connectivity index (χ2v) is 6.00. The van der Waals surface area contributed by atoms with Crippen molar-refractivity contribution in [3.8, 4) is 0 Å². The number of likely N-dealkylation sites (N-methyl/N-ethyl adjacent to an activating group) is 1. The van der Waals surface area contributed by atoms with Crippen LogP contribution in [0.4, 0.5) is 0 Å². The summed E-state index contributed by atoms with van der Waals surface area (Å²) >= 11 is 0. The molecule has 0 spiro atoms. The zero-order valence-electron chi connectivity index (χ0n) is 13.4. The SMILES string of the molecule is CN1CC[C@H](NC(=O)CCc2cnccn2)[C@H]1c1ccccc1. The van der Waals surface area contributed by atoms with Crippen molar-refractivity contribution < 1.29 is 4.79 Å². The molecule has 0 radical (unpaired) electrons. The molecule has 1 aromatic carbocycles. The normalized spacial score (nSPS) is 21.3. The Morgan fingerprint density at radius 2 is 2.13 bits per heavy atom. The van der Waals surface area contributed by atoms with E-state index in [-0.39, 0.29) is 18.0 Å². The molecular formula is C18H22N4O. The van der Waals surface area contributed by atoms with Crippen LogP contribution < -0.4 is 5.32 Å². The topological polar surface area (TPSA) is 58.1 Å². The van der Waals surface area contributed by atoms with Crippen molar-refractivity contribution in [2.24, 2.45) is 0 Å². The van der Waals surface area contributed by atoms with Gasteiger partial charge in [-0.05, 0) is 25.5 Å². The third-order valence-electron chi connectivity index (χ3n) is 4.36. The van der Waals surface area contributed by atoms with E-state index in [4.69, 9.17) is 0 Å². The highest BCUT2D eigenvalue weighted by Gasteiger charge is 2.33. The van der Waals surface area contributed by atoms with Crippen LogP contribution >= 0.6 is 0 Å². The molecule has 2 heterocycles. The Bertz CT molecular complexity index is 632. The lowest BCUT2D eigenvalue weighted by atomic mass is 10.00. The van der Waals surface area contributed by atoms with E-state index in [1.54, 1.807) is 18.6 Å². The van der Waals surface area contributed by atoms with Gasteiger partial charge in [-0.2, -0.15) is 0 Å². The number of hydrogen-bond acceptors (Lipinski definition) is 4. The number of likely N-dealkylation sites (tertiary alicyclic amines) is 1. The summed E-state index contributed by atoms with van der Waals surface area (Å²) in [6.45, 7) is 0.995. The second-order valence-electron chi connectivity index (χ2n) is 6.00. The van der Waals surface area contributed by atoms with Gasteiger partial charge < -0.3 is 5.32 Å². The third kappa shape index (κ3) is 3.93. The number of amides is 1. The van der Waals surface area contributed by atoms with Crippen LogP contribution in [0.25, 0.3) is 0 Å². The average molecular weight is 310 g/mol. The number of aromatic nitrogens is 2. The fraction of sp³-hybridized carbons (Fsp3) is 0.389. The lowest BCUT2D eigenvalue weighted by Crippen LogP contribution is -2.39. The molecule has 0 aliphatic carbocycles. The number of benzene rings is 1. The standard InChI is InChI=1S/C18H22N4O/c1-22-12-9-16(18(22)14-5-3-2-4-6-14)21-17(23)8-7-15-13-19-10-11-20-15/h2-6,10-11,13,16,18H,7-9,12H2,1H3,(H,21,23)/t16-,18+/m0/s1. The van der Waals surface area contributed by atoms with Crippen molar-refractivity contribution in [2.45, 2.75) is 31.3 Å². The Morgan fingerprint density at radius 3 is 2.87 bits per heavy atom. The van der Waals surface area contributed by atoms with Gasteiger partial charge >= 0.3 is 0 Å². The summed E-state index contributed by atoms with van der Waals surface area (Å²) < 4.78 is 0. The minimum Gasteiger partial charge on any atom is -0.351 e. The summed E-state index contributed by atoms with van der Waals surface area (Å²) in [6, 6.07) is 10.8. The molecule has 0 bridgehead atoms. The maximum absolute atomic E-state index is 12.3. The molecule has 2 aromatic rings. The Morgan fingerprint density at radius 1 is 1.30 bits per heavy atom. The Kier molecular flexibility index (Phi) is 4.98. The molecule has 1 aliphatic rings. The van der Waals surface area contributed by atoms with E-state index in [0.717, 1.165) is 18.7 Å². The van der Waals surface area contributed by atoms with Gasteiger partial charge in [0.2, 0.25) is 5.91 Å². The van der Waals surface area contributed by atoms with E-state index in [0.29, 0.717) is 12.8 Å². The van der Waals surface area contributed by atoms with E-state index >= 15 is 0 Å². The third-order valence-corrected chi connectivity index (χ3v) is 4.36. The largest absolute Gasteiger partial charge is 0.351 e. The van der Waals surface area contributed by atoms with Crippen LogP contribution in [0.5, 0.6) is 0 Å². The average Bonchev–Trinajstić information content (AvgIpc) is 2.95. The summed E-state index contributed by atoms with van der Waals surface area (Å²) in [6.07, 6.45) is 7.06. The highest BCUT2D eigenvalue weighted by Crippen LogP contribution is 2.30. The Hall–Kier alpha value is -2.27. The molecule has 5 nitrogen and oxygen atoms in total. The molecule has 120 valence electrons. The first-order valence-electron chi connectivity index (χ1n) is 8.03. The van der Waals surface area contributed by atoms with E-state index in [1.807, 2.05) is 6.07 Å². The molecule has 1 aliphatic heterocycles.